The van der Waals surface area contributed by atoms with Crippen LogP contribution in [0.2, 0.25) is 0 Å². The Balaban J connectivity index is 1.87. The number of rotatable bonds is 8. The summed E-state index contributed by atoms with van der Waals surface area (Å²) in [5, 5.41) is 2.80. The van der Waals surface area contributed by atoms with Crippen molar-refractivity contribution in [1.82, 2.24) is 5.32 Å². The molecule has 0 atom stereocenters. The average molecular weight is 343 g/mol. The van der Waals surface area contributed by atoms with Crippen molar-refractivity contribution >= 4 is 12.0 Å². The molecule has 0 aliphatic carbocycles. The molecule has 4 nitrogen and oxygen atoms in total. The Hall–Kier alpha value is -2.82. The molecule has 0 bridgehead atoms. The highest BCUT2D eigenvalue weighted by Gasteiger charge is 2.04. The number of carbonyl (C=O) groups excluding carboxylic acids is 1. The van der Waals surface area contributed by atoms with Crippen LogP contribution in [0.1, 0.15) is 18.1 Å². The number of carbonyl (C=O) groups is 1. The van der Waals surface area contributed by atoms with E-state index in [1.165, 1.54) is 18.2 Å². The van der Waals surface area contributed by atoms with Gasteiger partial charge in [0.1, 0.15) is 5.82 Å². The van der Waals surface area contributed by atoms with Crippen LogP contribution in [0.25, 0.3) is 6.08 Å². The van der Waals surface area contributed by atoms with Gasteiger partial charge in [-0.3, -0.25) is 4.79 Å². The zero-order valence-corrected chi connectivity index (χ0v) is 14.4. The summed E-state index contributed by atoms with van der Waals surface area (Å²) in [6.45, 7) is 2.92. The Morgan fingerprint density at radius 1 is 1.16 bits per heavy atom. The number of hydrogen-bond donors (Lipinski definition) is 1. The van der Waals surface area contributed by atoms with Crippen LogP contribution in [0, 0.1) is 5.82 Å². The summed E-state index contributed by atoms with van der Waals surface area (Å²) in [5.74, 6) is 0.851. The number of ether oxygens (including phenoxy) is 2. The molecule has 0 spiro atoms. The van der Waals surface area contributed by atoms with Gasteiger partial charge in [0.25, 0.3) is 0 Å². The molecule has 0 heterocycles. The van der Waals surface area contributed by atoms with E-state index in [0.29, 0.717) is 31.1 Å². The molecule has 0 saturated heterocycles. The van der Waals surface area contributed by atoms with Crippen LogP contribution in [0.4, 0.5) is 4.39 Å². The lowest BCUT2D eigenvalue weighted by Gasteiger charge is -2.09. The van der Waals surface area contributed by atoms with Crippen LogP contribution in [0.3, 0.4) is 0 Å². The van der Waals surface area contributed by atoms with E-state index in [0.717, 1.165) is 11.1 Å². The van der Waals surface area contributed by atoms with Crippen molar-refractivity contribution in [3.05, 3.63) is 65.5 Å². The van der Waals surface area contributed by atoms with Gasteiger partial charge in [0.15, 0.2) is 11.5 Å². The monoisotopic (exact) mass is 343 g/mol. The van der Waals surface area contributed by atoms with Crippen LogP contribution in [0.15, 0.2) is 48.5 Å². The summed E-state index contributed by atoms with van der Waals surface area (Å²) in [6.07, 6.45) is 3.84. The van der Waals surface area contributed by atoms with Crippen molar-refractivity contribution in [3.8, 4) is 11.5 Å². The fourth-order valence-electron chi connectivity index (χ4n) is 2.28. The molecule has 0 unspecified atom stereocenters. The Morgan fingerprint density at radius 3 is 2.60 bits per heavy atom. The number of nitrogens with one attached hydrogen (secondary N) is 1. The van der Waals surface area contributed by atoms with E-state index in [1.54, 1.807) is 31.4 Å². The molecule has 0 radical (unpaired) electrons. The first-order chi connectivity index (χ1) is 12.1. The van der Waals surface area contributed by atoms with Crippen LogP contribution in [-0.2, 0) is 11.2 Å². The van der Waals surface area contributed by atoms with Crippen molar-refractivity contribution < 1.29 is 18.7 Å². The van der Waals surface area contributed by atoms with Gasteiger partial charge in [0, 0.05) is 12.6 Å². The summed E-state index contributed by atoms with van der Waals surface area (Å²) in [6, 6.07) is 11.7. The molecule has 1 amide bonds. The van der Waals surface area contributed by atoms with Crippen LogP contribution in [-0.4, -0.2) is 26.2 Å². The molecule has 0 saturated carbocycles. The third-order valence-electron chi connectivity index (χ3n) is 3.54. The Bertz CT molecular complexity index is 726. The molecule has 2 aromatic rings. The Morgan fingerprint density at radius 2 is 1.92 bits per heavy atom. The highest BCUT2D eigenvalue weighted by Crippen LogP contribution is 2.28. The maximum Gasteiger partial charge on any atom is 0.244 e. The number of amides is 1. The lowest BCUT2D eigenvalue weighted by molar-refractivity contribution is -0.116. The van der Waals surface area contributed by atoms with Crippen molar-refractivity contribution in [2.24, 2.45) is 0 Å². The van der Waals surface area contributed by atoms with Gasteiger partial charge in [-0.1, -0.05) is 18.2 Å². The van der Waals surface area contributed by atoms with Crippen LogP contribution < -0.4 is 14.8 Å². The van der Waals surface area contributed by atoms with Gasteiger partial charge in [-0.25, -0.2) is 4.39 Å². The largest absolute Gasteiger partial charge is 0.493 e. The third kappa shape index (κ3) is 5.95. The van der Waals surface area contributed by atoms with Crippen molar-refractivity contribution in [2.75, 3.05) is 20.3 Å². The average Bonchev–Trinajstić information content (AvgIpc) is 2.62. The molecule has 25 heavy (non-hydrogen) atoms. The van der Waals surface area contributed by atoms with E-state index in [9.17, 15) is 9.18 Å². The zero-order valence-electron chi connectivity index (χ0n) is 14.4. The Kier molecular flexibility index (Phi) is 7.01. The smallest absolute Gasteiger partial charge is 0.244 e. The predicted molar refractivity (Wildman–Crippen MR) is 96.3 cm³/mol. The molecule has 2 aromatic carbocycles. The highest BCUT2D eigenvalue weighted by atomic mass is 19.1. The fraction of sp³-hybridized carbons (Fsp3) is 0.250. The van der Waals surface area contributed by atoms with Gasteiger partial charge >= 0.3 is 0 Å². The molecule has 0 aliphatic rings. The van der Waals surface area contributed by atoms with E-state index in [1.807, 2.05) is 19.1 Å². The van der Waals surface area contributed by atoms with Gasteiger partial charge in [-0.2, -0.15) is 0 Å². The van der Waals surface area contributed by atoms with E-state index in [4.69, 9.17) is 9.47 Å². The topological polar surface area (TPSA) is 47.6 Å². The second kappa shape index (κ2) is 9.47. The first kappa shape index (κ1) is 18.5. The molecule has 1 N–H and O–H groups in total. The second-order valence-electron chi connectivity index (χ2n) is 5.34. The lowest BCUT2D eigenvalue weighted by Crippen LogP contribution is -2.23. The number of benzene rings is 2. The van der Waals surface area contributed by atoms with Gasteiger partial charge in [0.2, 0.25) is 5.91 Å². The summed E-state index contributed by atoms with van der Waals surface area (Å²) < 4.78 is 23.6. The second-order valence-corrected chi connectivity index (χ2v) is 5.34. The van der Waals surface area contributed by atoms with Gasteiger partial charge in [-0.05, 0) is 54.8 Å². The van der Waals surface area contributed by atoms with Crippen molar-refractivity contribution in [1.29, 1.82) is 0 Å². The number of hydrogen-bond acceptors (Lipinski definition) is 3. The zero-order chi connectivity index (χ0) is 18.1. The van der Waals surface area contributed by atoms with E-state index < -0.39 is 0 Å². The molecule has 0 aromatic heterocycles. The molecular formula is C20H22FNO3. The minimum atomic E-state index is -0.262. The molecule has 0 aliphatic heterocycles. The van der Waals surface area contributed by atoms with Crippen molar-refractivity contribution in [2.45, 2.75) is 13.3 Å². The minimum Gasteiger partial charge on any atom is -0.493 e. The maximum atomic E-state index is 12.8. The van der Waals surface area contributed by atoms with Crippen molar-refractivity contribution in [3.63, 3.8) is 0 Å². The fourth-order valence-corrected chi connectivity index (χ4v) is 2.28. The summed E-state index contributed by atoms with van der Waals surface area (Å²) >= 11 is 0. The lowest BCUT2D eigenvalue weighted by atomic mass is 10.1. The van der Waals surface area contributed by atoms with Crippen LogP contribution in [0.5, 0.6) is 11.5 Å². The SMILES string of the molecule is CCOc1cc(/C=C/C(=O)NCCc2ccc(F)cc2)ccc1OC. The van der Waals surface area contributed by atoms with E-state index in [2.05, 4.69) is 5.32 Å². The first-order valence-electron chi connectivity index (χ1n) is 8.13. The molecular weight excluding hydrogens is 321 g/mol. The molecule has 0 fully saturated rings. The molecule has 5 heteroatoms. The normalized spacial score (nSPS) is 10.7. The van der Waals surface area contributed by atoms with Gasteiger partial charge in [-0.15, -0.1) is 0 Å². The summed E-state index contributed by atoms with van der Waals surface area (Å²) in [7, 11) is 1.59. The number of halogens is 1. The summed E-state index contributed by atoms with van der Waals surface area (Å²) in [4.78, 5) is 11.9. The van der Waals surface area contributed by atoms with E-state index in [-0.39, 0.29) is 11.7 Å². The molecule has 2 rings (SSSR count). The summed E-state index contributed by atoms with van der Waals surface area (Å²) in [5.41, 5.74) is 1.82. The third-order valence-corrected chi connectivity index (χ3v) is 3.54. The predicted octanol–water partition coefficient (Wildman–Crippen LogP) is 3.61. The standard InChI is InChI=1S/C20H22FNO3/c1-3-25-19-14-16(6-10-18(19)24-2)7-11-20(23)22-13-12-15-4-8-17(21)9-5-15/h4-11,14H,3,12-13H2,1-2H3,(H,22,23)/b11-7+. The van der Waals surface area contributed by atoms with Gasteiger partial charge < -0.3 is 14.8 Å². The quantitative estimate of drug-likeness (QED) is 0.745. The number of methoxy groups -OCH3 is 1. The Labute approximate surface area is 147 Å². The first-order valence-corrected chi connectivity index (χ1v) is 8.13. The van der Waals surface area contributed by atoms with Gasteiger partial charge in [0.05, 0.1) is 13.7 Å². The van der Waals surface area contributed by atoms with Crippen LogP contribution >= 0.6 is 0 Å². The highest BCUT2D eigenvalue weighted by molar-refractivity contribution is 5.91. The maximum absolute atomic E-state index is 12.8. The van der Waals surface area contributed by atoms with E-state index >= 15 is 0 Å². The molecule has 132 valence electrons. The minimum absolute atomic E-state index is 0.184.